The fourth-order valence-electron chi connectivity index (χ4n) is 1.11. The molecular formula is C9H18Cl2O. The first-order valence-electron chi connectivity index (χ1n) is 4.42. The van der Waals surface area contributed by atoms with Gasteiger partial charge >= 0.3 is 0 Å². The van der Waals surface area contributed by atoms with Crippen LogP contribution < -0.4 is 0 Å². The van der Waals surface area contributed by atoms with Crippen LogP contribution in [0.4, 0.5) is 0 Å². The van der Waals surface area contributed by atoms with Crippen LogP contribution in [-0.4, -0.2) is 22.5 Å². The highest BCUT2D eigenvalue weighted by molar-refractivity contribution is 6.28. The normalized spacial score (nSPS) is 21.5. The van der Waals surface area contributed by atoms with Gasteiger partial charge in [-0.3, -0.25) is 0 Å². The average molecular weight is 213 g/mol. The van der Waals surface area contributed by atoms with Gasteiger partial charge in [-0.2, -0.15) is 0 Å². The maximum absolute atomic E-state index is 9.74. The standard InChI is InChI=1S/C9H18Cl2O/c1-4-6(2)9(12)7(3)8(11)5-10/h6-9,12H,4-5H2,1-3H3. The van der Waals surface area contributed by atoms with Crippen LogP contribution in [0.5, 0.6) is 0 Å². The highest BCUT2D eigenvalue weighted by atomic mass is 35.5. The van der Waals surface area contributed by atoms with Crippen molar-refractivity contribution in [3.8, 4) is 0 Å². The number of halogens is 2. The zero-order valence-corrected chi connectivity index (χ0v) is 9.44. The molecule has 4 unspecified atom stereocenters. The minimum Gasteiger partial charge on any atom is -0.393 e. The summed E-state index contributed by atoms with van der Waals surface area (Å²) in [5, 5.41) is 9.62. The van der Waals surface area contributed by atoms with E-state index in [1.807, 2.05) is 13.8 Å². The molecule has 4 atom stereocenters. The van der Waals surface area contributed by atoms with Crippen LogP contribution >= 0.6 is 23.2 Å². The molecule has 0 heterocycles. The predicted molar refractivity (Wildman–Crippen MR) is 55.0 cm³/mol. The summed E-state index contributed by atoms with van der Waals surface area (Å²) in [5.41, 5.74) is 0. The minimum absolute atomic E-state index is 0.0686. The summed E-state index contributed by atoms with van der Waals surface area (Å²) in [4.78, 5) is 0. The smallest absolute Gasteiger partial charge is 0.0605 e. The third-order valence-corrected chi connectivity index (χ3v) is 3.53. The molecule has 0 aliphatic rings. The Morgan fingerprint density at radius 3 is 2.17 bits per heavy atom. The van der Waals surface area contributed by atoms with Crippen molar-refractivity contribution in [3.05, 3.63) is 0 Å². The van der Waals surface area contributed by atoms with Gasteiger partial charge in [0.2, 0.25) is 0 Å². The molecule has 12 heavy (non-hydrogen) atoms. The van der Waals surface area contributed by atoms with Crippen LogP contribution in [0, 0.1) is 11.8 Å². The van der Waals surface area contributed by atoms with Gasteiger partial charge in [-0.25, -0.2) is 0 Å². The lowest BCUT2D eigenvalue weighted by Crippen LogP contribution is -2.32. The number of hydrogen-bond acceptors (Lipinski definition) is 1. The Hall–Kier alpha value is 0.540. The second kappa shape index (κ2) is 6.06. The van der Waals surface area contributed by atoms with Gasteiger partial charge in [0.05, 0.1) is 11.5 Å². The van der Waals surface area contributed by atoms with E-state index in [0.717, 1.165) is 6.42 Å². The van der Waals surface area contributed by atoms with Crippen LogP contribution in [0.15, 0.2) is 0 Å². The van der Waals surface area contributed by atoms with Crippen LogP contribution in [0.3, 0.4) is 0 Å². The zero-order valence-electron chi connectivity index (χ0n) is 7.93. The van der Waals surface area contributed by atoms with Crippen molar-refractivity contribution >= 4 is 23.2 Å². The van der Waals surface area contributed by atoms with Crippen molar-refractivity contribution in [2.75, 3.05) is 5.88 Å². The van der Waals surface area contributed by atoms with E-state index in [0.29, 0.717) is 11.8 Å². The van der Waals surface area contributed by atoms with Crippen molar-refractivity contribution in [2.45, 2.75) is 38.7 Å². The molecule has 0 amide bonds. The van der Waals surface area contributed by atoms with Crippen LogP contribution in [0.1, 0.15) is 27.2 Å². The number of aliphatic hydroxyl groups is 1. The highest BCUT2D eigenvalue weighted by Crippen LogP contribution is 2.22. The van der Waals surface area contributed by atoms with E-state index in [1.54, 1.807) is 0 Å². The summed E-state index contributed by atoms with van der Waals surface area (Å²) in [7, 11) is 0. The number of aliphatic hydroxyl groups excluding tert-OH is 1. The number of alkyl halides is 2. The van der Waals surface area contributed by atoms with Crippen molar-refractivity contribution in [1.82, 2.24) is 0 Å². The third-order valence-electron chi connectivity index (χ3n) is 2.48. The number of rotatable bonds is 5. The summed E-state index contributed by atoms with van der Waals surface area (Å²) >= 11 is 11.5. The topological polar surface area (TPSA) is 20.2 Å². The van der Waals surface area contributed by atoms with Gasteiger partial charge < -0.3 is 5.11 Å². The summed E-state index contributed by atoms with van der Waals surface area (Å²) in [5.74, 6) is 0.763. The second-order valence-corrected chi connectivity index (χ2v) is 4.27. The first-order valence-corrected chi connectivity index (χ1v) is 5.39. The second-order valence-electron chi connectivity index (χ2n) is 3.41. The van der Waals surface area contributed by atoms with Gasteiger partial charge in [-0.05, 0) is 11.8 Å². The first kappa shape index (κ1) is 12.5. The molecule has 0 radical (unpaired) electrons. The van der Waals surface area contributed by atoms with Crippen molar-refractivity contribution in [1.29, 1.82) is 0 Å². The van der Waals surface area contributed by atoms with Gasteiger partial charge in [0, 0.05) is 5.88 Å². The van der Waals surface area contributed by atoms with Gasteiger partial charge in [0.1, 0.15) is 0 Å². The van der Waals surface area contributed by atoms with E-state index in [4.69, 9.17) is 23.2 Å². The van der Waals surface area contributed by atoms with Crippen LogP contribution in [-0.2, 0) is 0 Å². The lowest BCUT2D eigenvalue weighted by Gasteiger charge is -2.26. The molecule has 0 aliphatic carbocycles. The van der Waals surface area contributed by atoms with Gasteiger partial charge in [0.25, 0.3) is 0 Å². The largest absolute Gasteiger partial charge is 0.393 e. The van der Waals surface area contributed by atoms with Crippen molar-refractivity contribution in [3.63, 3.8) is 0 Å². The molecule has 0 spiro atoms. The summed E-state index contributed by atoms with van der Waals surface area (Å²) in [6.45, 7) is 6.03. The molecule has 0 saturated heterocycles. The Labute approximate surface area is 85.1 Å². The summed E-state index contributed by atoms with van der Waals surface area (Å²) in [6.07, 6.45) is 0.633. The fraction of sp³-hybridized carbons (Fsp3) is 1.00. The van der Waals surface area contributed by atoms with E-state index >= 15 is 0 Å². The molecule has 0 bridgehead atoms. The molecule has 0 aromatic rings. The third kappa shape index (κ3) is 3.51. The van der Waals surface area contributed by atoms with Crippen molar-refractivity contribution < 1.29 is 5.11 Å². The molecule has 0 aromatic heterocycles. The monoisotopic (exact) mass is 212 g/mol. The maximum atomic E-state index is 9.74. The molecule has 0 aromatic carbocycles. The van der Waals surface area contributed by atoms with E-state index < -0.39 is 0 Å². The maximum Gasteiger partial charge on any atom is 0.0605 e. The highest BCUT2D eigenvalue weighted by Gasteiger charge is 2.25. The Bertz CT molecular complexity index is 105. The molecule has 3 heteroatoms. The molecule has 0 aliphatic heterocycles. The van der Waals surface area contributed by atoms with E-state index in [9.17, 15) is 5.11 Å². The Morgan fingerprint density at radius 2 is 1.83 bits per heavy atom. The molecule has 0 saturated carbocycles. The lowest BCUT2D eigenvalue weighted by atomic mass is 9.90. The quantitative estimate of drug-likeness (QED) is 0.696. The summed E-state index contributed by atoms with van der Waals surface area (Å²) in [6, 6.07) is 0. The zero-order chi connectivity index (χ0) is 9.72. The average Bonchev–Trinajstić information content (AvgIpc) is 2.12. The van der Waals surface area contributed by atoms with E-state index in [1.165, 1.54) is 0 Å². The predicted octanol–water partition coefficient (Wildman–Crippen LogP) is 2.88. The van der Waals surface area contributed by atoms with E-state index in [2.05, 4.69) is 6.92 Å². The number of hydrogen-bond donors (Lipinski definition) is 1. The SMILES string of the molecule is CCC(C)C(O)C(C)C(Cl)CCl. The Balaban J connectivity index is 3.99. The lowest BCUT2D eigenvalue weighted by molar-refractivity contribution is 0.0635. The Morgan fingerprint density at radius 1 is 1.33 bits per heavy atom. The molecule has 0 fully saturated rings. The van der Waals surface area contributed by atoms with Crippen LogP contribution in [0.2, 0.25) is 0 Å². The first-order chi connectivity index (χ1) is 5.54. The molecular weight excluding hydrogens is 195 g/mol. The van der Waals surface area contributed by atoms with Gasteiger partial charge in [0.15, 0.2) is 0 Å². The summed E-state index contributed by atoms with van der Waals surface area (Å²) < 4.78 is 0. The molecule has 1 N–H and O–H groups in total. The van der Waals surface area contributed by atoms with E-state index in [-0.39, 0.29) is 17.4 Å². The molecule has 0 rings (SSSR count). The minimum atomic E-state index is -0.337. The van der Waals surface area contributed by atoms with Crippen molar-refractivity contribution in [2.24, 2.45) is 11.8 Å². The van der Waals surface area contributed by atoms with Crippen LogP contribution in [0.25, 0.3) is 0 Å². The fourth-order valence-corrected chi connectivity index (χ4v) is 1.54. The van der Waals surface area contributed by atoms with Gasteiger partial charge in [-0.15, -0.1) is 23.2 Å². The Kier molecular flexibility index (Phi) is 6.34. The van der Waals surface area contributed by atoms with Gasteiger partial charge in [-0.1, -0.05) is 27.2 Å². The molecule has 1 nitrogen and oxygen atoms in total. The molecule has 74 valence electrons.